The summed E-state index contributed by atoms with van der Waals surface area (Å²) in [6.07, 6.45) is 6.00. The van der Waals surface area contributed by atoms with E-state index in [-0.39, 0.29) is 5.92 Å². The van der Waals surface area contributed by atoms with E-state index in [1.807, 2.05) is 48.5 Å². The van der Waals surface area contributed by atoms with Crippen molar-refractivity contribution in [1.82, 2.24) is 4.90 Å². The zero-order valence-electron chi connectivity index (χ0n) is 14.1. The van der Waals surface area contributed by atoms with E-state index in [1.165, 1.54) is 11.1 Å². The van der Waals surface area contributed by atoms with Crippen LogP contribution >= 0.6 is 0 Å². The Morgan fingerprint density at radius 1 is 1.04 bits per heavy atom. The largest absolute Gasteiger partial charge is 0.305 e. The summed E-state index contributed by atoms with van der Waals surface area (Å²) in [4.78, 5) is 7.06. The normalized spacial score (nSPS) is 18.0. The van der Waals surface area contributed by atoms with Crippen LogP contribution in [0.3, 0.4) is 0 Å². The molecule has 0 saturated carbocycles. The molecule has 0 aliphatic heterocycles. The summed E-state index contributed by atoms with van der Waals surface area (Å²) < 4.78 is 0. The van der Waals surface area contributed by atoms with Gasteiger partial charge in [-0.1, -0.05) is 72.8 Å². The van der Waals surface area contributed by atoms with Gasteiger partial charge in [0, 0.05) is 12.5 Å². The zero-order chi connectivity index (χ0) is 16.9. The van der Waals surface area contributed by atoms with E-state index in [0.717, 1.165) is 17.7 Å². The van der Waals surface area contributed by atoms with E-state index in [1.54, 1.807) is 0 Å². The number of hydrogen-bond acceptors (Lipinski definition) is 3. The number of rotatable bonds is 6. The fraction of sp³-hybridized carbons (Fsp3) is 0.238. The fourth-order valence-electron chi connectivity index (χ4n) is 3.30. The van der Waals surface area contributed by atoms with Crippen molar-refractivity contribution >= 4 is 0 Å². The molecule has 0 bridgehead atoms. The molecular formula is C21H23NO2. The van der Waals surface area contributed by atoms with Crippen LogP contribution in [0.1, 0.15) is 28.7 Å². The Morgan fingerprint density at radius 3 is 2.46 bits per heavy atom. The first-order valence-corrected chi connectivity index (χ1v) is 8.16. The molecule has 2 atom stereocenters. The van der Waals surface area contributed by atoms with Gasteiger partial charge in [-0.05, 0) is 36.4 Å². The van der Waals surface area contributed by atoms with E-state index < -0.39 is 6.10 Å². The van der Waals surface area contributed by atoms with E-state index in [0.29, 0.717) is 0 Å². The van der Waals surface area contributed by atoms with Crippen molar-refractivity contribution in [2.75, 3.05) is 20.6 Å². The van der Waals surface area contributed by atoms with Crippen molar-refractivity contribution < 1.29 is 10.1 Å². The van der Waals surface area contributed by atoms with Crippen LogP contribution in [-0.4, -0.2) is 30.8 Å². The first kappa shape index (κ1) is 16.7. The van der Waals surface area contributed by atoms with Gasteiger partial charge in [0.15, 0.2) is 0 Å². The molecule has 0 aromatic heterocycles. The van der Waals surface area contributed by atoms with Crippen molar-refractivity contribution in [3.8, 4) is 0 Å². The Kier molecular flexibility index (Phi) is 5.26. The fourth-order valence-corrected chi connectivity index (χ4v) is 3.30. The smallest absolute Gasteiger partial charge is 0.143 e. The molecule has 3 rings (SSSR count). The van der Waals surface area contributed by atoms with Gasteiger partial charge in [0.05, 0.1) is 0 Å². The van der Waals surface area contributed by atoms with Crippen molar-refractivity contribution in [2.24, 2.45) is 0 Å². The number of hydrogen-bond donors (Lipinski definition) is 1. The van der Waals surface area contributed by atoms with Crippen LogP contribution in [0.5, 0.6) is 0 Å². The summed E-state index contributed by atoms with van der Waals surface area (Å²) in [5.74, 6) is 0.213. The number of benzene rings is 2. The topological polar surface area (TPSA) is 32.7 Å². The first-order chi connectivity index (χ1) is 11.7. The van der Waals surface area contributed by atoms with Gasteiger partial charge in [-0.15, -0.1) is 0 Å². The van der Waals surface area contributed by atoms with Crippen molar-refractivity contribution in [1.29, 1.82) is 0 Å². The van der Waals surface area contributed by atoms with Crippen LogP contribution < -0.4 is 0 Å². The third-order valence-electron chi connectivity index (χ3n) is 4.33. The molecule has 2 aromatic rings. The summed E-state index contributed by atoms with van der Waals surface area (Å²) in [6.45, 7) is 0.905. The molecule has 3 nitrogen and oxygen atoms in total. The Labute approximate surface area is 143 Å². The minimum Gasteiger partial charge on any atom is -0.305 e. The Hall–Kier alpha value is -2.20. The lowest BCUT2D eigenvalue weighted by Gasteiger charge is -2.24. The van der Waals surface area contributed by atoms with Gasteiger partial charge in [-0.2, -0.15) is 0 Å². The standard InChI is InChI=1S/C21H23NO2/c1-22(2)15-17-11-8-14-18(17)19-12-6-7-13-20(19)21(24-23)16-9-4-3-5-10-16/h3-14,18,21,23H,15H2,1-2H3. The lowest BCUT2D eigenvalue weighted by Crippen LogP contribution is -2.18. The van der Waals surface area contributed by atoms with Gasteiger partial charge in [-0.3, -0.25) is 5.26 Å². The average molecular weight is 321 g/mol. The molecule has 0 spiro atoms. The van der Waals surface area contributed by atoms with Gasteiger partial charge in [0.1, 0.15) is 6.10 Å². The van der Waals surface area contributed by atoms with Gasteiger partial charge in [-0.25, -0.2) is 4.89 Å². The van der Waals surface area contributed by atoms with Crippen LogP contribution in [0, 0.1) is 0 Å². The van der Waals surface area contributed by atoms with E-state index >= 15 is 0 Å². The van der Waals surface area contributed by atoms with Crippen LogP contribution in [0.2, 0.25) is 0 Å². The lowest BCUT2D eigenvalue weighted by atomic mass is 9.86. The monoisotopic (exact) mass is 321 g/mol. The van der Waals surface area contributed by atoms with Gasteiger partial charge in [0.2, 0.25) is 0 Å². The second-order valence-corrected chi connectivity index (χ2v) is 6.37. The third kappa shape index (κ3) is 3.49. The predicted molar refractivity (Wildman–Crippen MR) is 97.0 cm³/mol. The lowest BCUT2D eigenvalue weighted by molar-refractivity contribution is -0.270. The molecule has 124 valence electrons. The highest BCUT2D eigenvalue weighted by Gasteiger charge is 2.25. The molecule has 0 fully saturated rings. The van der Waals surface area contributed by atoms with Gasteiger partial charge in [0.25, 0.3) is 0 Å². The quantitative estimate of drug-likeness (QED) is 0.632. The van der Waals surface area contributed by atoms with Crippen LogP contribution in [-0.2, 0) is 4.89 Å². The maximum absolute atomic E-state index is 9.57. The molecule has 0 heterocycles. The van der Waals surface area contributed by atoms with Crippen LogP contribution in [0.4, 0.5) is 0 Å². The highest BCUT2D eigenvalue weighted by atomic mass is 17.1. The highest BCUT2D eigenvalue weighted by Crippen LogP contribution is 2.37. The summed E-state index contributed by atoms with van der Waals surface area (Å²) in [5, 5.41) is 9.57. The molecule has 2 unspecified atom stereocenters. The zero-order valence-corrected chi connectivity index (χ0v) is 14.1. The van der Waals surface area contributed by atoms with Crippen LogP contribution in [0.15, 0.2) is 78.4 Å². The SMILES string of the molecule is CN(C)CC1=CC=CC1c1ccccc1C(OO)c1ccccc1. The Morgan fingerprint density at radius 2 is 1.75 bits per heavy atom. The van der Waals surface area contributed by atoms with Gasteiger partial charge < -0.3 is 4.90 Å². The average Bonchev–Trinajstić information content (AvgIpc) is 3.04. The van der Waals surface area contributed by atoms with Gasteiger partial charge >= 0.3 is 0 Å². The molecule has 0 saturated heterocycles. The maximum Gasteiger partial charge on any atom is 0.143 e. The van der Waals surface area contributed by atoms with Crippen molar-refractivity contribution in [3.05, 3.63) is 95.1 Å². The number of nitrogens with zero attached hydrogens (tertiary/aromatic N) is 1. The minimum atomic E-state index is -0.489. The number of likely N-dealkylation sites (N-methyl/N-ethyl adjacent to an activating group) is 1. The second kappa shape index (κ2) is 7.58. The molecule has 3 heteroatoms. The van der Waals surface area contributed by atoms with E-state index in [2.05, 4.69) is 43.3 Å². The second-order valence-electron chi connectivity index (χ2n) is 6.37. The Bertz CT molecular complexity index is 735. The predicted octanol–water partition coefficient (Wildman–Crippen LogP) is 4.41. The molecule has 2 aromatic carbocycles. The molecule has 24 heavy (non-hydrogen) atoms. The van der Waals surface area contributed by atoms with E-state index in [9.17, 15) is 5.26 Å². The third-order valence-corrected chi connectivity index (χ3v) is 4.33. The molecule has 0 amide bonds. The summed E-state index contributed by atoms with van der Waals surface area (Å²) in [6, 6.07) is 18.0. The molecule has 1 aliphatic carbocycles. The summed E-state index contributed by atoms with van der Waals surface area (Å²) >= 11 is 0. The van der Waals surface area contributed by atoms with Crippen molar-refractivity contribution in [3.63, 3.8) is 0 Å². The Balaban J connectivity index is 1.99. The maximum atomic E-state index is 9.57. The first-order valence-electron chi connectivity index (χ1n) is 8.16. The number of allylic oxidation sites excluding steroid dienone is 3. The summed E-state index contributed by atoms with van der Waals surface area (Å²) in [5.41, 5.74) is 4.44. The molecule has 0 radical (unpaired) electrons. The summed E-state index contributed by atoms with van der Waals surface area (Å²) in [7, 11) is 4.15. The minimum absolute atomic E-state index is 0.213. The van der Waals surface area contributed by atoms with E-state index in [4.69, 9.17) is 4.89 Å². The van der Waals surface area contributed by atoms with Crippen LogP contribution in [0.25, 0.3) is 0 Å². The highest BCUT2D eigenvalue weighted by molar-refractivity contribution is 5.47. The molecule has 1 aliphatic rings. The molecular weight excluding hydrogens is 298 g/mol. The van der Waals surface area contributed by atoms with Crippen molar-refractivity contribution in [2.45, 2.75) is 12.0 Å². The molecule has 1 N–H and O–H groups in total.